The van der Waals surface area contributed by atoms with Crippen molar-refractivity contribution in [3.8, 4) is 0 Å². The first-order valence-electron chi connectivity index (χ1n) is 11.2. The van der Waals surface area contributed by atoms with E-state index in [9.17, 15) is 4.39 Å². The molecule has 162 valence electrons. The van der Waals surface area contributed by atoms with Gasteiger partial charge in [0.2, 0.25) is 0 Å². The van der Waals surface area contributed by atoms with E-state index in [-0.39, 0.29) is 11.4 Å². The van der Waals surface area contributed by atoms with Gasteiger partial charge in [-0.1, -0.05) is 12.5 Å². The van der Waals surface area contributed by atoms with E-state index >= 15 is 0 Å². The number of nitrogens with zero attached hydrogens (tertiary/aromatic N) is 3. The number of aryl methyl sites for hydroxylation is 1. The van der Waals surface area contributed by atoms with Crippen molar-refractivity contribution in [2.45, 2.75) is 51.0 Å². The largest absolute Gasteiger partial charge is 0.356 e. The highest BCUT2D eigenvalue weighted by atomic mass is 19.1. The van der Waals surface area contributed by atoms with Crippen LogP contribution >= 0.6 is 0 Å². The summed E-state index contributed by atoms with van der Waals surface area (Å²) in [5, 5.41) is 7.07. The number of benzene rings is 1. The molecule has 0 unspecified atom stereocenters. The minimum absolute atomic E-state index is 0.169. The highest BCUT2D eigenvalue weighted by Gasteiger charge is 2.39. The maximum Gasteiger partial charge on any atom is 0.191 e. The summed E-state index contributed by atoms with van der Waals surface area (Å²) >= 11 is 0. The Labute approximate surface area is 175 Å². The summed E-state index contributed by atoms with van der Waals surface area (Å²) < 4.78 is 13.3. The van der Waals surface area contributed by atoms with E-state index < -0.39 is 0 Å². The Morgan fingerprint density at radius 3 is 2.48 bits per heavy atom. The fourth-order valence-electron chi connectivity index (χ4n) is 4.73. The molecule has 2 heterocycles. The number of hydrogen-bond acceptors (Lipinski definition) is 3. The maximum atomic E-state index is 13.3. The van der Waals surface area contributed by atoms with Gasteiger partial charge in [-0.2, -0.15) is 0 Å². The first-order chi connectivity index (χ1) is 14.0. The van der Waals surface area contributed by atoms with Crippen LogP contribution in [0.1, 0.15) is 43.2 Å². The molecular weight excluding hydrogens is 365 g/mol. The van der Waals surface area contributed by atoms with Crippen LogP contribution in [0.4, 0.5) is 4.39 Å². The van der Waals surface area contributed by atoms with E-state index in [0.29, 0.717) is 0 Å². The van der Waals surface area contributed by atoms with Gasteiger partial charge in [0.05, 0.1) is 0 Å². The zero-order valence-electron chi connectivity index (χ0n) is 18.4. The predicted octanol–water partition coefficient (Wildman–Crippen LogP) is 2.79. The monoisotopic (exact) mass is 403 g/mol. The third-order valence-corrected chi connectivity index (χ3v) is 6.74. The average Bonchev–Trinajstić information content (AvgIpc) is 2.74. The van der Waals surface area contributed by atoms with Crippen LogP contribution in [0.3, 0.4) is 0 Å². The van der Waals surface area contributed by atoms with Crippen LogP contribution in [0.25, 0.3) is 0 Å². The van der Waals surface area contributed by atoms with E-state index in [2.05, 4.69) is 32.5 Å². The molecule has 0 aliphatic carbocycles. The molecule has 3 rings (SSSR count). The predicted molar refractivity (Wildman–Crippen MR) is 119 cm³/mol. The van der Waals surface area contributed by atoms with Gasteiger partial charge in [-0.05, 0) is 95.5 Å². The molecule has 0 amide bonds. The van der Waals surface area contributed by atoms with Gasteiger partial charge in [0, 0.05) is 25.7 Å². The standard InChI is InChI=1S/C23H38FN5/c1-19-17-21(24)8-7-20(19)9-12-26-22(25-2)27-18-23(10-15-28(3)16-11-23)29-13-5-4-6-14-29/h7-8,17H,4-6,9-16,18H2,1-3H3,(H2,25,26,27). The van der Waals surface area contributed by atoms with E-state index in [1.807, 2.05) is 20.0 Å². The van der Waals surface area contributed by atoms with Crippen LogP contribution in [0.2, 0.25) is 0 Å². The molecule has 2 aliphatic rings. The van der Waals surface area contributed by atoms with E-state index in [1.54, 1.807) is 6.07 Å². The first-order valence-corrected chi connectivity index (χ1v) is 11.2. The minimum atomic E-state index is -0.169. The highest BCUT2D eigenvalue weighted by molar-refractivity contribution is 5.79. The first kappa shape index (κ1) is 22.0. The summed E-state index contributed by atoms with van der Waals surface area (Å²) in [6.07, 6.45) is 7.29. The van der Waals surface area contributed by atoms with Crippen molar-refractivity contribution in [3.63, 3.8) is 0 Å². The Morgan fingerprint density at radius 1 is 1.10 bits per heavy atom. The Bertz CT molecular complexity index is 676. The summed E-state index contributed by atoms with van der Waals surface area (Å²) in [6, 6.07) is 5.02. The van der Waals surface area contributed by atoms with Crippen molar-refractivity contribution in [3.05, 3.63) is 35.1 Å². The van der Waals surface area contributed by atoms with Gasteiger partial charge in [-0.15, -0.1) is 0 Å². The number of rotatable bonds is 6. The maximum absolute atomic E-state index is 13.3. The SMILES string of the molecule is CN=C(NCCc1ccc(F)cc1C)NCC1(N2CCCCC2)CCN(C)CC1. The second-order valence-electron chi connectivity index (χ2n) is 8.75. The van der Waals surface area contributed by atoms with Gasteiger partial charge in [0.25, 0.3) is 0 Å². The number of aliphatic imine (C=N–C) groups is 1. The van der Waals surface area contributed by atoms with Crippen LogP contribution in [0.5, 0.6) is 0 Å². The Balaban J connectivity index is 1.54. The molecule has 0 saturated carbocycles. The number of hydrogen-bond donors (Lipinski definition) is 2. The number of nitrogens with one attached hydrogen (secondary N) is 2. The van der Waals surface area contributed by atoms with Crippen LogP contribution in [0.15, 0.2) is 23.2 Å². The van der Waals surface area contributed by atoms with Gasteiger partial charge >= 0.3 is 0 Å². The molecule has 1 aromatic carbocycles. The molecule has 2 fully saturated rings. The van der Waals surface area contributed by atoms with Crippen molar-refractivity contribution < 1.29 is 4.39 Å². The van der Waals surface area contributed by atoms with Crippen LogP contribution < -0.4 is 10.6 Å². The molecule has 0 atom stereocenters. The highest BCUT2D eigenvalue weighted by Crippen LogP contribution is 2.30. The molecule has 0 aromatic heterocycles. The molecule has 0 bridgehead atoms. The molecule has 5 nitrogen and oxygen atoms in total. The average molecular weight is 404 g/mol. The summed E-state index contributed by atoms with van der Waals surface area (Å²) in [5.41, 5.74) is 2.41. The smallest absolute Gasteiger partial charge is 0.191 e. The minimum Gasteiger partial charge on any atom is -0.356 e. The summed E-state index contributed by atoms with van der Waals surface area (Å²) in [4.78, 5) is 9.62. The molecule has 2 N–H and O–H groups in total. The quantitative estimate of drug-likeness (QED) is 0.566. The second-order valence-corrected chi connectivity index (χ2v) is 8.75. The van der Waals surface area contributed by atoms with Gasteiger partial charge in [0.15, 0.2) is 5.96 Å². The number of guanidine groups is 1. The number of likely N-dealkylation sites (tertiary alicyclic amines) is 2. The topological polar surface area (TPSA) is 42.9 Å². The van der Waals surface area contributed by atoms with E-state index in [0.717, 1.165) is 44.1 Å². The molecule has 0 spiro atoms. The molecule has 29 heavy (non-hydrogen) atoms. The fourth-order valence-corrected chi connectivity index (χ4v) is 4.73. The van der Waals surface area contributed by atoms with Gasteiger partial charge in [-0.25, -0.2) is 4.39 Å². The van der Waals surface area contributed by atoms with Crippen LogP contribution in [-0.2, 0) is 6.42 Å². The second kappa shape index (κ2) is 10.4. The Kier molecular flexibility index (Phi) is 7.90. The van der Waals surface area contributed by atoms with Crippen molar-refractivity contribution >= 4 is 5.96 Å². The van der Waals surface area contributed by atoms with Crippen molar-refractivity contribution in [2.75, 3.05) is 53.4 Å². The molecule has 0 radical (unpaired) electrons. The fraction of sp³-hybridized carbons (Fsp3) is 0.696. The van der Waals surface area contributed by atoms with E-state index in [4.69, 9.17) is 0 Å². The molecule has 6 heteroatoms. The summed E-state index contributed by atoms with van der Waals surface area (Å²) in [7, 11) is 4.06. The number of piperidine rings is 2. The Hall–Kier alpha value is -1.66. The molecule has 2 aliphatic heterocycles. The normalized spacial score (nSPS) is 21.2. The lowest BCUT2D eigenvalue weighted by atomic mass is 9.84. The van der Waals surface area contributed by atoms with Gasteiger partial charge in [-0.3, -0.25) is 9.89 Å². The van der Waals surface area contributed by atoms with Crippen LogP contribution in [0, 0.1) is 12.7 Å². The number of halogens is 1. The molecule has 1 aromatic rings. The van der Waals surface area contributed by atoms with Crippen molar-refractivity contribution in [2.24, 2.45) is 4.99 Å². The van der Waals surface area contributed by atoms with Gasteiger partial charge < -0.3 is 15.5 Å². The molecule has 2 saturated heterocycles. The van der Waals surface area contributed by atoms with Crippen LogP contribution in [-0.4, -0.2) is 74.7 Å². The van der Waals surface area contributed by atoms with Crippen molar-refractivity contribution in [1.82, 2.24) is 20.4 Å². The molecular formula is C23H38FN5. The third-order valence-electron chi connectivity index (χ3n) is 6.74. The zero-order chi connectivity index (χ0) is 20.7. The third kappa shape index (κ3) is 5.92. The lowest BCUT2D eigenvalue weighted by Gasteiger charge is -2.50. The lowest BCUT2D eigenvalue weighted by molar-refractivity contribution is 0.0173. The van der Waals surface area contributed by atoms with Crippen molar-refractivity contribution in [1.29, 1.82) is 0 Å². The van der Waals surface area contributed by atoms with E-state index in [1.165, 1.54) is 56.8 Å². The zero-order valence-corrected chi connectivity index (χ0v) is 18.4. The summed E-state index contributed by atoms with van der Waals surface area (Å²) in [6.45, 7) is 8.46. The Morgan fingerprint density at radius 2 is 1.83 bits per heavy atom. The van der Waals surface area contributed by atoms with Gasteiger partial charge in [0.1, 0.15) is 5.82 Å². The summed E-state index contributed by atoms with van der Waals surface area (Å²) in [5.74, 6) is 0.693. The lowest BCUT2D eigenvalue weighted by Crippen LogP contribution is -2.62.